The fraction of sp³-hybridized carbons (Fsp3) is 0.538. The molecule has 0 amide bonds. The van der Waals surface area contributed by atoms with E-state index in [0.717, 1.165) is 5.56 Å². The highest BCUT2D eigenvalue weighted by Gasteiger charge is 2.40. The Balaban J connectivity index is 3.38. The Morgan fingerprint density at radius 1 is 1.24 bits per heavy atom. The predicted molar refractivity (Wildman–Crippen MR) is 73.8 cm³/mol. The molecule has 17 heavy (non-hydrogen) atoms. The SMILES string of the molecule is CC(C)(N)C(C)(CCO)c1cccc(Cl)c1Cl. The van der Waals surface area contributed by atoms with Gasteiger partial charge in [-0.15, -0.1) is 0 Å². The zero-order valence-electron chi connectivity index (χ0n) is 10.4. The summed E-state index contributed by atoms with van der Waals surface area (Å²) in [7, 11) is 0. The van der Waals surface area contributed by atoms with Gasteiger partial charge in [-0.2, -0.15) is 0 Å². The summed E-state index contributed by atoms with van der Waals surface area (Å²) in [5.74, 6) is 0. The number of aliphatic hydroxyl groups excluding tert-OH is 1. The van der Waals surface area contributed by atoms with Crippen LogP contribution in [0.25, 0.3) is 0 Å². The summed E-state index contributed by atoms with van der Waals surface area (Å²) in [4.78, 5) is 0. The third kappa shape index (κ3) is 2.76. The van der Waals surface area contributed by atoms with Crippen molar-refractivity contribution in [2.45, 2.75) is 38.1 Å². The molecule has 0 spiro atoms. The molecule has 1 aromatic carbocycles. The van der Waals surface area contributed by atoms with Gasteiger partial charge in [-0.3, -0.25) is 0 Å². The number of nitrogens with two attached hydrogens (primary N) is 1. The van der Waals surface area contributed by atoms with Gasteiger partial charge in [-0.1, -0.05) is 42.3 Å². The monoisotopic (exact) mass is 275 g/mol. The van der Waals surface area contributed by atoms with Gasteiger partial charge in [0.15, 0.2) is 0 Å². The van der Waals surface area contributed by atoms with Crippen molar-refractivity contribution in [1.29, 1.82) is 0 Å². The third-order valence-corrected chi connectivity index (χ3v) is 4.40. The Morgan fingerprint density at radius 3 is 2.29 bits per heavy atom. The van der Waals surface area contributed by atoms with E-state index in [1.807, 2.05) is 32.9 Å². The van der Waals surface area contributed by atoms with E-state index in [4.69, 9.17) is 28.9 Å². The number of benzene rings is 1. The van der Waals surface area contributed by atoms with Gasteiger partial charge in [0.25, 0.3) is 0 Å². The minimum absolute atomic E-state index is 0.0555. The minimum Gasteiger partial charge on any atom is -0.396 e. The minimum atomic E-state index is -0.510. The Hall–Kier alpha value is -0.280. The van der Waals surface area contributed by atoms with Crippen LogP contribution in [0.4, 0.5) is 0 Å². The van der Waals surface area contributed by atoms with Crippen LogP contribution in [0.5, 0.6) is 0 Å². The van der Waals surface area contributed by atoms with E-state index >= 15 is 0 Å². The van der Waals surface area contributed by atoms with E-state index < -0.39 is 11.0 Å². The molecule has 1 aromatic rings. The largest absolute Gasteiger partial charge is 0.396 e. The molecule has 0 saturated heterocycles. The Kier molecular flexibility index (Phi) is 4.48. The molecular formula is C13H19Cl2NO. The standard InChI is InChI=1S/C13H19Cl2NO/c1-12(2,16)13(3,7-8-17)9-5-4-6-10(14)11(9)15/h4-6,17H,7-8,16H2,1-3H3. The molecule has 96 valence electrons. The second-order valence-electron chi connectivity index (χ2n) is 5.13. The lowest BCUT2D eigenvalue weighted by molar-refractivity contribution is 0.190. The van der Waals surface area contributed by atoms with Crippen LogP contribution in [0.2, 0.25) is 10.0 Å². The summed E-state index contributed by atoms with van der Waals surface area (Å²) >= 11 is 12.3. The summed E-state index contributed by atoms with van der Waals surface area (Å²) < 4.78 is 0. The first-order valence-electron chi connectivity index (χ1n) is 5.58. The maximum Gasteiger partial charge on any atom is 0.0630 e. The highest BCUT2D eigenvalue weighted by molar-refractivity contribution is 6.42. The van der Waals surface area contributed by atoms with Crippen molar-refractivity contribution < 1.29 is 5.11 Å². The molecule has 0 bridgehead atoms. The summed E-state index contributed by atoms with van der Waals surface area (Å²) in [5, 5.41) is 10.3. The average Bonchev–Trinajstić information content (AvgIpc) is 2.20. The van der Waals surface area contributed by atoms with Gasteiger partial charge >= 0.3 is 0 Å². The van der Waals surface area contributed by atoms with Crippen molar-refractivity contribution in [2.75, 3.05) is 6.61 Å². The van der Waals surface area contributed by atoms with Crippen molar-refractivity contribution in [3.8, 4) is 0 Å². The summed E-state index contributed by atoms with van der Waals surface area (Å²) in [6, 6.07) is 5.51. The van der Waals surface area contributed by atoms with Crippen molar-refractivity contribution in [3.05, 3.63) is 33.8 Å². The molecule has 1 unspecified atom stereocenters. The van der Waals surface area contributed by atoms with E-state index in [0.29, 0.717) is 16.5 Å². The first kappa shape index (κ1) is 14.8. The van der Waals surface area contributed by atoms with Gasteiger partial charge in [0, 0.05) is 17.6 Å². The predicted octanol–water partition coefficient (Wildman–Crippen LogP) is 3.37. The fourth-order valence-corrected chi connectivity index (χ4v) is 2.47. The average molecular weight is 276 g/mol. The maximum atomic E-state index is 9.26. The van der Waals surface area contributed by atoms with Gasteiger partial charge < -0.3 is 10.8 Å². The fourth-order valence-electron chi connectivity index (χ4n) is 1.96. The number of rotatable bonds is 4. The van der Waals surface area contributed by atoms with Gasteiger partial charge in [0.1, 0.15) is 0 Å². The maximum absolute atomic E-state index is 9.26. The van der Waals surface area contributed by atoms with Crippen molar-refractivity contribution in [1.82, 2.24) is 0 Å². The molecule has 1 atom stereocenters. The second kappa shape index (κ2) is 5.15. The highest BCUT2D eigenvalue weighted by atomic mass is 35.5. The van der Waals surface area contributed by atoms with Crippen molar-refractivity contribution in [3.63, 3.8) is 0 Å². The summed E-state index contributed by atoms with van der Waals surface area (Å²) in [5.41, 5.74) is 6.18. The zero-order valence-corrected chi connectivity index (χ0v) is 11.9. The molecule has 1 rings (SSSR count). The number of hydrogen-bond donors (Lipinski definition) is 2. The van der Waals surface area contributed by atoms with Gasteiger partial charge in [-0.05, 0) is 31.9 Å². The van der Waals surface area contributed by atoms with Crippen LogP contribution >= 0.6 is 23.2 Å². The quantitative estimate of drug-likeness (QED) is 0.885. The lowest BCUT2D eigenvalue weighted by Gasteiger charge is -2.42. The molecule has 0 radical (unpaired) electrons. The van der Waals surface area contributed by atoms with Crippen molar-refractivity contribution >= 4 is 23.2 Å². The Bertz CT molecular complexity index is 401. The Morgan fingerprint density at radius 2 is 1.82 bits per heavy atom. The molecule has 4 heteroatoms. The first-order chi connectivity index (χ1) is 7.74. The van der Waals surface area contributed by atoms with Crippen LogP contribution in [0.3, 0.4) is 0 Å². The van der Waals surface area contributed by atoms with E-state index in [2.05, 4.69) is 0 Å². The number of halogens is 2. The lowest BCUT2D eigenvalue weighted by atomic mass is 9.67. The molecule has 0 aromatic heterocycles. The van der Waals surface area contributed by atoms with Crippen LogP contribution in [0.15, 0.2) is 18.2 Å². The van der Waals surface area contributed by atoms with Gasteiger partial charge in [0.2, 0.25) is 0 Å². The summed E-state index contributed by atoms with van der Waals surface area (Å²) in [6.07, 6.45) is 0.538. The third-order valence-electron chi connectivity index (χ3n) is 3.58. The van der Waals surface area contributed by atoms with E-state index in [9.17, 15) is 5.11 Å². The van der Waals surface area contributed by atoms with E-state index in [1.165, 1.54) is 0 Å². The van der Waals surface area contributed by atoms with E-state index in [-0.39, 0.29) is 6.61 Å². The summed E-state index contributed by atoms with van der Waals surface area (Å²) in [6.45, 7) is 5.92. The van der Waals surface area contributed by atoms with Crippen LogP contribution in [-0.4, -0.2) is 17.3 Å². The molecule has 0 fully saturated rings. The van der Waals surface area contributed by atoms with Crippen LogP contribution in [0.1, 0.15) is 32.8 Å². The lowest BCUT2D eigenvalue weighted by Crippen LogP contribution is -2.52. The Labute approximate surface area is 113 Å². The van der Waals surface area contributed by atoms with Gasteiger partial charge in [0.05, 0.1) is 10.0 Å². The number of aliphatic hydroxyl groups is 1. The highest BCUT2D eigenvalue weighted by Crippen LogP contribution is 2.42. The van der Waals surface area contributed by atoms with Crippen LogP contribution < -0.4 is 5.73 Å². The first-order valence-corrected chi connectivity index (χ1v) is 6.34. The topological polar surface area (TPSA) is 46.2 Å². The molecule has 0 aliphatic carbocycles. The molecule has 2 nitrogen and oxygen atoms in total. The zero-order chi connectivity index (χ0) is 13.3. The molecule has 0 aliphatic rings. The van der Waals surface area contributed by atoms with E-state index in [1.54, 1.807) is 6.07 Å². The second-order valence-corrected chi connectivity index (χ2v) is 5.91. The van der Waals surface area contributed by atoms with Crippen LogP contribution in [0, 0.1) is 0 Å². The molecule has 0 saturated carbocycles. The smallest absolute Gasteiger partial charge is 0.0630 e. The molecule has 0 heterocycles. The van der Waals surface area contributed by atoms with Gasteiger partial charge in [-0.25, -0.2) is 0 Å². The molecule has 3 N–H and O–H groups in total. The number of hydrogen-bond acceptors (Lipinski definition) is 2. The van der Waals surface area contributed by atoms with Crippen LogP contribution in [-0.2, 0) is 5.41 Å². The normalized spacial score (nSPS) is 15.7. The molecular weight excluding hydrogens is 257 g/mol. The molecule has 0 aliphatic heterocycles. The van der Waals surface area contributed by atoms with Crippen molar-refractivity contribution in [2.24, 2.45) is 5.73 Å².